The zero-order valence-electron chi connectivity index (χ0n) is 23.9. The molecule has 0 aliphatic carbocycles. The van der Waals surface area contributed by atoms with Gasteiger partial charge in [0.25, 0.3) is 5.56 Å². The number of ether oxygens (including phenoxy) is 2. The first-order valence-corrected chi connectivity index (χ1v) is 15.6. The van der Waals surface area contributed by atoms with E-state index in [9.17, 15) is 14.0 Å². The number of hydrogen-bond donors (Lipinski definition) is 0. The molecule has 4 aromatic carbocycles. The fraction of sp³-hybridized carbons (Fsp3) is 0.114. The van der Waals surface area contributed by atoms with Gasteiger partial charge < -0.3 is 9.47 Å². The van der Waals surface area contributed by atoms with Crippen LogP contribution in [-0.4, -0.2) is 17.1 Å². The third-order valence-corrected chi connectivity index (χ3v) is 8.69. The number of nitrogens with zero attached hydrogens (tertiary/aromatic N) is 2. The minimum Gasteiger partial charge on any atom is -0.489 e. The van der Waals surface area contributed by atoms with Crippen LogP contribution in [0.25, 0.3) is 11.8 Å². The van der Waals surface area contributed by atoms with Crippen LogP contribution in [0.4, 0.5) is 4.39 Å². The Kier molecular flexibility index (Phi) is 8.98. The van der Waals surface area contributed by atoms with Crippen molar-refractivity contribution in [2.45, 2.75) is 19.6 Å². The molecule has 6 rings (SSSR count). The third-order valence-electron chi connectivity index (χ3n) is 7.12. The van der Waals surface area contributed by atoms with Crippen LogP contribution in [0.5, 0.6) is 5.75 Å². The summed E-state index contributed by atoms with van der Waals surface area (Å²) in [7, 11) is 0. The van der Waals surface area contributed by atoms with E-state index in [1.807, 2.05) is 54.6 Å². The first-order valence-electron chi connectivity index (χ1n) is 14.0. The lowest BCUT2D eigenvalue weighted by Gasteiger charge is -2.25. The molecule has 1 aromatic heterocycles. The summed E-state index contributed by atoms with van der Waals surface area (Å²) in [5.41, 5.74) is 3.00. The Morgan fingerprint density at radius 2 is 1.78 bits per heavy atom. The van der Waals surface area contributed by atoms with Gasteiger partial charge in [-0.25, -0.2) is 14.2 Å². The van der Waals surface area contributed by atoms with Crippen LogP contribution in [0.15, 0.2) is 112 Å². The normalized spacial score (nSPS) is 14.6. The predicted octanol–water partition coefficient (Wildman–Crippen LogP) is 6.96. The second-order valence-electron chi connectivity index (χ2n) is 10.1. The Morgan fingerprint density at radius 3 is 2.51 bits per heavy atom. The fourth-order valence-electron chi connectivity index (χ4n) is 5.05. The molecule has 2 heterocycles. The van der Waals surface area contributed by atoms with E-state index >= 15 is 0 Å². The average molecular weight is 660 g/mol. The topological polar surface area (TPSA) is 69.9 Å². The Bertz CT molecular complexity index is 2110. The second-order valence-corrected chi connectivity index (χ2v) is 11.9. The Morgan fingerprint density at radius 1 is 1.00 bits per heavy atom. The summed E-state index contributed by atoms with van der Waals surface area (Å²) in [5.74, 6) is -0.450. The largest absolute Gasteiger partial charge is 0.489 e. The number of hydrogen-bond acceptors (Lipinski definition) is 6. The molecule has 226 valence electrons. The number of aromatic nitrogens is 1. The Hall–Kier alpha value is -4.50. The van der Waals surface area contributed by atoms with Crippen molar-refractivity contribution in [3.05, 3.63) is 160 Å². The van der Waals surface area contributed by atoms with Gasteiger partial charge in [-0.05, 0) is 60.5 Å². The van der Waals surface area contributed by atoms with E-state index in [0.717, 1.165) is 11.1 Å². The number of carbonyl (C=O) groups is 1. The molecule has 0 bridgehead atoms. The number of halogens is 3. The number of carbonyl (C=O) groups excluding carboxylic acids is 1. The highest BCUT2D eigenvalue weighted by atomic mass is 35.5. The van der Waals surface area contributed by atoms with Crippen molar-refractivity contribution in [3.63, 3.8) is 0 Å². The number of esters is 1. The molecule has 0 saturated heterocycles. The first kappa shape index (κ1) is 30.5. The summed E-state index contributed by atoms with van der Waals surface area (Å²) in [6.07, 6.45) is 1.75. The molecule has 0 spiro atoms. The smallest absolute Gasteiger partial charge is 0.338 e. The molecule has 0 amide bonds. The lowest BCUT2D eigenvalue weighted by atomic mass is 9.93. The van der Waals surface area contributed by atoms with Gasteiger partial charge >= 0.3 is 5.97 Å². The molecule has 0 unspecified atom stereocenters. The van der Waals surface area contributed by atoms with Crippen LogP contribution >= 0.6 is 34.5 Å². The summed E-state index contributed by atoms with van der Waals surface area (Å²) >= 11 is 13.5. The quantitative estimate of drug-likeness (QED) is 0.169. The van der Waals surface area contributed by atoms with Crippen molar-refractivity contribution in [2.24, 2.45) is 4.99 Å². The van der Waals surface area contributed by atoms with E-state index in [1.54, 1.807) is 43.3 Å². The van der Waals surface area contributed by atoms with E-state index in [-0.39, 0.29) is 24.3 Å². The zero-order chi connectivity index (χ0) is 31.5. The van der Waals surface area contributed by atoms with E-state index in [1.165, 1.54) is 28.0 Å². The van der Waals surface area contributed by atoms with Gasteiger partial charge in [-0.15, -0.1) is 0 Å². The van der Waals surface area contributed by atoms with Gasteiger partial charge in [-0.2, -0.15) is 0 Å². The van der Waals surface area contributed by atoms with Crippen LogP contribution in [0, 0.1) is 5.82 Å². The van der Waals surface area contributed by atoms with Gasteiger partial charge in [-0.3, -0.25) is 9.36 Å². The van der Waals surface area contributed by atoms with Crippen molar-refractivity contribution in [1.82, 2.24) is 4.57 Å². The average Bonchev–Trinajstić information content (AvgIpc) is 3.35. The lowest BCUT2D eigenvalue weighted by molar-refractivity contribution is -0.138. The van der Waals surface area contributed by atoms with E-state index in [4.69, 9.17) is 37.7 Å². The number of rotatable bonds is 8. The van der Waals surface area contributed by atoms with Crippen molar-refractivity contribution in [2.75, 3.05) is 6.61 Å². The van der Waals surface area contributed by atoms with Crippen LogP contribution in [0.2, 0.25) is 10.0 Å². The Labute approximate surface area is 271 Å². The lowest BCUT2D eigenvalue weighted by Crippen LogP contribution is -2.40. The summed E-state index contributed by atoms with van der Waals surface area (Å²) < 4.78 is 27.3. The van der Waals surface area contributed by atoms with Gasteiger partial charge in [0.2, 0.25) is 0 Å². The molecule has 0 N–H and O–H groups in total. The minimum absolute atomic E-state index is 0.133. The van der Waals surface area contributed by atoms with Crippen LogP contribution in [0.3, 0.4) is 0 Å². The molecule has 6 nitrogen and oxygen atoms in total. The zero-order valence-corrected chi connectivity index (χ0v) is 26.2. The molecule has 10 heteroatoms. The number of fused-ring (bicyclic) bond motifs is 1. The molecule has 1 atom stereocenters. The molecule has 1 aliphatic heterocycles. The highest BCUT2D eigenvalue weighted by Gasteiger charge is 2.35. The van der Waals surface area contributed by atoms with Crippen molar-refractivity contribution < 1.29 is 18.7 Å². The predicted molar refractivity (Wildman–Crippen MR) is 175 cm³/mol. The van der Waals surface area contributed by atoms with E-state index in [0.29, 0.717) is 42.0 Å². The van der Waals surface area contributed by atoms with E-state index < -0.39 is 17.8 Å². The molecule has 0 saturated carbocycles. The molecular weight excluding hydrogens is 634 g/mol. The number of thiazole rings is 1. The molecule has 45 heavy (non-hydrogen) atoms. The third kappa shape index (κ3) is 6.49. The van der Waals surface area contributed by atoms with E-state index in [2.05, 4.69) is 0 Å². The SMILES string of the molecule is CCOC(=O)C1=C(c2ccccc2)N=c2s/c(=C\c3cccc(OCc4ccc(Cl)cc4Cl)c3)c(=O)n2[C@@H]1c1ccc(F)cc1. The van der Waals surface area contributed by atoms with Gasteiger partial charge in [-0.1, -0.05) is 95.2 Å². The highest BCUT2D eigenvalue weighted by Crippen LogP contribution is 2.35. The molecule has 0 radical (unpaired) electrons. The van der Waals surface area contributed by atoms with Gasteiger partial charge in [0.15, 0.2) is 4.80 Å². The van der Waals surface area contributed by atoms with Gasteiger partial charge in [0.05, 0.1) is 28.5 Å². The molecule has 0 fully saturated rings. The van der Waals surface area contributed by atoms with Gasteiger partial charge in [0, 0.05) is 21.2 Å². The summed E-state index contributed by atoms with van der Waals surface area (Å²) in [6, 6.07) is 26.6. The second kappa shape index (κ2) is 13.2. The monoisotopic (exact) mass is 658 g/mol. The van der Waals surface area contributed by atoms with Crippen molar-refractivity contribution >= 4 is 52.3 Å². The minimum atomic E-state index is -0.892. The summed E-state index contributed by atoms with van der Waals surface area (Å²) in [5, 5.41) is 1.05. The molecule has 5 aromatic rings. The Balaban J connectivity index is 1.46. The maximum Gasteiger partial charge on any atom is 0.338 e. The standard InChI is InChI=1S/C35H25Cl2FN2O4S/c1-2-43-34(42)30-31(22-8-4-3-5-9-22)39-35-40(32(30)23-12-15-26(38)16-13-23)33(41)29(45-35)18-21-7-6-10-27(17-21)44-20-24-11-14-25(36)19-28(24)37/h3-19,32H,2,20H2,1H3/b29-18-/t32-/m1/s1. The summed E-state index contributed by atoms with van der Waals surface area (Å²) in [4.78, 5) is 32.8. The van der Waals surface area contributed by atoms with Crippen LogP contribution in [0.1, 0.15) is 35.2 Å². The molecule has 1 aliphatic rings. The van der Waals surface area contributed by atoms with Crippen molar-refractivity contribution in [1.29, 1.82) is 0 Å². The summed E-state index contributed by atoms with van der Waals surface area (Å²) in [6.45, 7) is 2.08. The number of benzene rings is 4. The fourth-order valence-corrected chi connectivity index (χ4v) is 6.51. The molecular formula is C35H25Cl2FN2O4S. The van der Waals surface area contributed by atoms with Gasteiger partial charge in [0.1, 0.15) is 18.2 Å². The highest BCUT2D eigenvalue weighted by molar-refractivity contribution is 7.07. The van der Waals surface area contributed by atoms with Crippen LogP contribution < -0.4 is 19.6 Å². The maximum absolute atomic E-state index is 14.1. The van der Waals surface area contributed by atoms with Crippen LogP contribution in [-0.2, 0) is 16.1 Å². The van der Waals surface area contributed by atoms with Crippen molar-refractivity contribution in [3.8, 4) is 5.75 Å². The first-order chi connectivity index (χ1) is 21.8. The maximum atomic E-state index is 14.1.